The van der Waals surface area contributed by atoms with Crippen LogP contribution in [0, 0.1) is 6.92 Å². The summed E-state index contributed by atoms with van der Waals surface area (Å²) in [5, 5.41) is 0. The second kappa shape index (κ2) is 6.10. The largest absolute Gasteiger partial charge is 0.497 e. The van der Waals surface area contributed by atoms with E-state index < -0.39 is 21.4 Å². The van der Waals surface area contributed by atoms with Crippen molar-refractivity contribution < 1.29 is 17.9 Å². The van der Waals surface area contributed by atoms with Gasteiger partial charge in [0.1, 0.15) is 11.5 Å². The molecule has 0 N–H and O–H groups in total. The third kappa shape index (κ3) is 3.70. The number of sulfone groups is 1. The molecule has 0 saturated carbocycles. The Labute approximate surface area is 124 Å². The zero-order valence-electron chi connectivity index (χ0n) is 11.9. The predicted molar refractivity (Wildman–Crippen MR) is 80.6 cm³/mol. The van der Waals surface area contributed by atoms with Crippen LogP contribution in [0.2, 0.25) is 0 Å². The van der Waals surface area contributed by atoms with Crippen LogP contribution in [-0.4, -0.2) is 27.1 Å². The normalized spacial score (nSPS) is 11.1. The van der Waals surface area contributed by atoms with E-state index in [0.717, 1.165) is 5.56 Å². The van der Waals surface area contributed by atoms with E-state index in [0.29, 0.717) is 11.3 Å². The second-order valence-corrected chi connectivity index (χ2v) is 6.72. The molecule has 2 aromatic rings. The van der Waals surface area contributed by atoms with Gasteiger partial charge in [0.25, 0.3) is 0 Å². The molecular formula is C16H16O4S. The average Bonchev–Trinajstić information content (AvgIpc) is 2.47. The summed E-state index contributed by atoms with van der Waals surface area (Å²) in [6, 6.07) is 12.9. The first-order chi connectivity index (χ1) is 9.92. The number of Topliss-reactive ketones (excluding diaryl/α,β-unsaturated/α-hetero) is 1. The van der Waals surface area contributed by atoms with Gasteiger partial charge in [-0.15, -0.1) is 0 Å². The van der Waals surface area contributed by atoms with Crippen LogP contribution in [0.5, 0.6) is 5.75 Å². The third-order valence-corrected chi connectivity index (χ3v) is 4.70. The highest BCUT2D eigenvalue weighted by molar-refractivity contribution is 7.92. The van der Waals surface area contributed by atoms with Gasteiger partial charge in [-0.25, -0.2) is 8.42 Å². The molecule has 110 valence electrons. The van der Waals surface area contributed by atoms with Gasteiger partial charge in [0.15, 0.2) is 15.6 Å². The maximum absolute atomic E-state index is 12.2. The van der Waals surface area contributed by atoms with Gasteiger partial charge < -0.3 is 4.74 Å². The maximum Gasteiger partial charge on any atom is 0.185 e. The molecule has 0 aliphatic heterocycles. The number of aryl methyl sites for hydroxylation is 1. The smallest absolute Gasteiger partial charge is 0.185 e. The maximum atomic E-state index is 12.2. The van der Waals surface area contributed by atoms with Gasteiger partial charge in [-0.05, 0) is 48.9 Å². The Bertz CT molecular complexity index is 746. The van der Waals surface area contributed by atoms with Crippen molar-refractivity contribution in [2.24, 2.45) is 0 Å². The number of hydrogen-bond acceptors (Lipinski definition) is 4. The number of methoxy groups -OCH3 is 1. The van der Waals surface area contributed by atoms with Crippen LogP contribution in [0.25, 0.3) is 0 Å². The van der Waals surface area contributed by atoms with Crippen LogP contribution in [0.3, 0.4) is 0 Å². The molecule has 0 unspecified atom stereocenters. The van der Waals surface area contributed by atoms with Crippen molar-refractivity contribution in [1.82, 2.24) is 0 Å². The highest BCUT2D eigenvalue weighted by atomic mass is 32.2. The summed E-state index contributed by atoms with van der Waals surface area (Å²) < 4.78 is 29.5. The highest BCUT2D eigenvalue weighted by Gasteiger charge is 2.20. The molecule has 0 heterocycles. The summed E-state index contributed by atoms with van der Waals surface area (Å²) in [7, 11) is -2.10. The van der Waals surface area contributed by atoms with E-state index in [4.69, 9.17) is 4.74 Å². The van der Waals surface area contributed by atoms with Gasteiger partial charge >= 0.3 is 0 Å². The SMILES string of the molecule is COc1ccc(C(=O)CS(=O)(=O)c2cccc(C)c2)cc1. The Morgan fingerprint density at radius 3 is 2.33 bits per heavy atom. The third-order valence-electron chi connectivity index (χ3n) is 3.08. The van der Waals surface area contributed by atoms with Crippen molar-refractivity contribution in [3.8, 4) is 5.75 Å². The van der Waals surface area contributed by atoms with E-state index in [9.17, 15) is 13.2 Å². The van der Waals surface area contributed by atoms with Crippen LogP contribution >= 0.6 is 0 Å². The molecule has 2 rings (SSSR count). The van der Waals surface area contributed by atoms with E-state index in [-0.39, 0.29) is 4.90 Å². The lowest BCUT2D eigenvalue weighted by atomic mass is 10.1. The zero-order chi connectivity index (χ0) is 15.5. The van der Waals surface area contributed by atoms with Gasteiger partial charge in [-0.2, -0.15) is 0 Å². The molecule has 0 atom stereocenters. The highest BCUT2D eigenvalue weighted by Crippen LogP contribution is 2.16. The van der Waals surface area contributed by atoms with Gasteiger partial charge in [0, 0.05) is 5.56 Å². The van der Waals surface area contributed by atoms with E-state index >= 15 is 0 Å². The molecule has 0 spiro atoms. The quantitative estimate of drug-likeness (QED) is 0.797. The van der Waals surface area contributed by atoms with E-state index in [1.807, 2.05) is 13.0 Å². The van der Waals surface area contributed by atoms with Crippen molar-refractivity contribution in [2.75, 3.05) is 12.9 Å². The monoisotopic (exact) mass is 304 g/mol. The fourth-order valence-corrected chi connectivity index (χ4v) is 3.25. The molecule has 0 aliphatic carbocycles. The minimum absolute atomic E-state index is 0.171. The van der Waals surface area contributed by atoms with Gasteiger partial charge in [0.2, 0.25) is 0 Å². The molecule has 2 aromatic carbocycles. The van der Waals surface area contributed by atoms with Crippen molar-refractivity contribution in [3.05, 3.63) is 59.7 Å². The molecule has 0 fully saturated rings. The van der Waals surface area contributed by atoms with Crippen LogP contribution in [0.1, 0.15) is 15.9 Å². The van der Waals surface area contributed by atoms with Crippen LogP contribution < -0.4 is 4.74 Å². The Balaban J connectivity index is 2.21. The zero-order valence-corrected chi connectivity index (χ0v) is 12.7. The molecule has 4 nitrogen and oxygen atoms in total. The standard InChI is InChI=1S/C16H16O4S/c1-12-4-3-5-15(10-12)21(18,19)11-16(17)13-6-8-14(20-2)9-7-13/h3-10H,11H2,1-2H3. The number of ketones is 1. The molecule has 5 heteroatoms. The lowest BCUT2D eigenvalue weighted by molar-refractivity contribution is 0.102. The minimum atomic E-state index is -3.63. The molecule has 0 aliphatic rings. The minimum Gasteiger partial charge on any atom is -0.497 e. The summed E-state index contributed by atoms with van der Waals surface area (Å²) in [5.74, 6) is -0.352. The van der Waals surface area contributed by atoms with Crippen LogP contribution in [-0.2, 0) is 9.84 Å². The van der Waals surface area contributed by atoms with Gasteiger partial charge in [-0.3, -0.25) is 4.79 Å². The van der Waals surface area contributed by atoms with Crippen molar-refractivity contribution in [1.29, 1.82) is 0 Å². The number of carbonyl (C=O) groups is 1. The first-order valence-electron chi connectivity index (χ1n) is 6.39. The average molecular weight is 304 g/mol. The Morgan fingerprint density at radius 2 is 1.76 bits per heavy atom. The van der Waals surface area contributed by atoms with Gasteiger partial charge in [0.05, 0.1) is 12.0 Å². The van der Waals surface area contributed by atoms with E-state index in [1.54, 1.807) is 36.4 Å². The van der Waals surface area contributed by atoms with Crippen molar-refractivity contribution >= 4 is 15.6 Å². The summed E-state index contributed by atoms with van der Waals surface area (Å²) >= 11 is 0. The van der Waals surface area contributed by atoms with E-state index in [2.05, 4.69) is 0 Å². The fraction of sp³-hybridized carbons (Fsp3) is 0.188. The molecule has 0 bridgehead atoms. The van der Waals surface area contributed by atoms with Crippen LogP contribution in [0.15, 0.2) is 53.4 Å². The number of benzene rings is 2. The van der Waals surface area contributed by atoms with Crippen molar-refractivity contribution in [3.63, 3.8) is 0 Å². The molecule has 0 saturated heterocycles. The fourth-order valence-electron chi connectivity index (χ4n) is 1.92. The van der Waals surface area contributed by atoms with Gasteiger partial charge in [-0.1, -0.05) is 12.1 Å². The lowest BCUT2D eigenvalue weighted by Gasteiger charge is -2.06. The lowest BCUT2D eigenvalue weighted by Crippen LogP contribution is -2.16. The Kier molecular flexibility index (Phi) is 4.43. The second-order valence-electron chi connectivity index (χ2n) is 4.73. The number of ether oxygens (including phenoxy) is 1. The Hall–Kier alpha value is -2.14. The summed E-state index contributed by atoms with van der Waals surface area (Å²) in [4.78, 5) is 12.3. The summed E-state index contributed by atoms with van der Waals surface area (Å²) in [5.41, 5.74) is 1.19. The Morgan fingerprint density at radius 1 is 1.10 bits per heavy atom. The molecule has 0 aromatic heterocycles. The van der Waals surface area contributed by atoms with Crippen LogP contribution in [0.4, 0.5) is 0 Å². The first kappa shape index (κ1) is 15.3. The molecular weight excluding hydrogens is 288 g/mol. The van der Waals surface area contributed by atoms with E-state index in [1.165, 1.54) is 13.2 Å². The summed E-state index contributed by atoms with van der Waals surface area (Å²) in [6.07, 6.45) is 0. The summed E-state index contributed by atoms with van der Waals surface area (Å²) in [6.45, 7) is 1.81. The first-order valence-corrected chi connectivity index (χ1v) is 8.04. The molecule has 0 radical (unpaired) electrons. The topological polar surface area (TPSA) is 60.4 Å². The molecule has 0 amide bonds. The number of hydrogen-bond donors (Lipinski definition) is 0. The molecule has 21 heavy (non-hydrogen) atoms. The van der Waals surface area contributed by atoms with Crippen molar-refractivity contribution in [2.45, 2.75) is 11.8 Å². The number of rotatable bonds is 5. The predicted octanol–water partition coefficient (Wildman–Crippen LogP) is 2.66. The number of carbonyl (C=O) groups excluding carboxylic acids is 1.